The highest BCUT2D eigenvalue weighted by atomic mass is 16.5. The van der Waals surface area contributed by atoms with Crippen LogP contribution in [0.2, 0.25) is 0 Å². The summed E-state index contributed by atoms with van der Waals surface area (Å²) in [6.07, 6.45) is 3.00. The molecule has 104 valence electrons. The lowest BCUT2D eigenvalue weighted by atomic mass is 10.1. The van der Waals surface area contributed by atoms with Crippen molar-refractivity contribution in [1.82, 2.24) is 5.32 Å². The van der Waals surface area contributed by atoms with Crippen LogP contribution in [-0.4, -0.2) is 26.7 Å². The van der Waals surface area contributed by atoms with Crippen molar-refractivity contribution in [1.29, 1.82) is 5.26 Å². The molecule has 0 radical (unpaired) electrons. The molecular formula is C15H16N2O3. The van der Waals surface area contributed by atoms with Gasteiger partial charge < -0.3 is 14.8 Å². The number of benzene rings is 1. The van der Waals surface area contributed by atoms with Crippen LogP contribution < -0.4 is 14.8 Å². The molecule has 0 saturated carbocycles. The Balaban J connectivity index is 3.16. The van der Waals surface area contributed by atoms with E-state index in [0.717, 1.165) is 0 Å². The van der Waals surface area contributed by atoms with Crippen LogP contribution in [0.5, 0.6) is 11.5 Å². The first-order valence-electron chi connectivity index (χ1n) is 5.89. The lowest BCUT2D eigenvalue weighted by molar-refractivity contribution is -0.116. The second-order valence-corrected chi connectivity index (χ2v) is 3.75. The smallest absolute Gasteiger partial charge is 0.262 e. The molecule has 0 aliphatic carbocycles. The molecule has 1 aromatic carbocycles. The maximum Gasteiger partial charge on any atom is 0.262 e. The first-order valence-corrected chi connectivity index (χ1v) is 5.89. The number of hydrogen-bond acceptors (Lipinski definition) is 4. The quantitative estimate of drug-likeness (QED) is 0.488. The van der Waals surface area contributed by atoms with Crippen molar-refractivity contribution in [2.75, 3.05) is 20.8 Å². The van der Waals surface area contributed by atoms with Crippen LogP contribution in [0.3, 0.4) is 0 Å². The van der Waals surface area contributed by atoms with Crippen molar-refractivity contribution in [3.63, 3.8) is 0 Å². The Bertz CT molecular complexity index is 571. The van der Waals surface area contributed by atoms with E-state index in [4.69, 9.17) is 14.7 Å². The van der Waals surface area contributed by atoms with Crippen molar-refractivity contribution >= 4 is 12.0 Å². The lowest BCUT2D eigenvalue weighted by Gasteiger charge is -2.10. The number of hydrogen-bond donors (Lipinski definition) is 1. The predicted octanol–water partition coefficient (Wildman–Crippen LogP) is 1.91. The van der Waals surface area contributed by atoms with Gasteiger partial charge in [0.1, 0.15) is 11.6 Å². The van der Waals surface area contributed by atoms with Crippen LogP contribution in [0.15, 0.2) is 36.4 Å². The van der Waals surface area contributed by atoms with Gasteiger partial charge in [0, 0.05) is 12.1 Å². The number of nitrogens with one attached hydrogen (secondary N) is 1. The molecule has 0 aliphatic rings. The standard InChI is InChI=1S/C15H16N2O3/c1-4-8-17-15(18)12(10-16)9-11-6-5-7-13(19-2)14(11)20-3/h4-7,9H,1,8H2,2-3H3,(H,17,18)/b12-9+. The van der Waals surface area contributed by atoms with E-state index in [1.165, 1.54) is 20.3 Å². The van der Waals surface area contributed by atoms with E-state index in [1.807, 2.05) is 6.07 Å². The minimum atomic E-state index is -0.461. The summed E-state index contributed by atoms with van der Waals surface area (Å²) in [4.78, 5) is 11.8. The molecule has 0 atom stereocenters. The fourth-order valence-electron chi connectivity index (χ4n) is 1.59. The van der Waals surface area contributed by atoms with Crippen molar-refractivity contribution in [2.45, 2.75) is 0 Å². The van der Waals surface area contributed by atoms with Gasteiger partial charge in [-0.05, 0) is 12.1 Å². The summed E-state index contributed by atoms with van der Waals surface area (Å²) in [7, 11) is 3.02. The highest BCUT2D eigenvalue weighted by Crippen LogP contribution is 2.32. The molecule has 0 aliphatic heterocycles. The molecule has 5 nitrogen and oxygen atoms in total. The van der Waals surface area contributed by atoms with Gasteiger partial charge in [-0.3, -0.25) is 4.79 Å². The second-order valence-electron chi connectivity index (χ2n) is 3.75. The minimum Gasteiger partial charge on any atom is -0.493 e. The normalized spacial score (nSPS) is 10.3. The van der Waals surface area contributed by atoms with E-state index in [1.54, 1.807) is 24.3 Å². The van der Waals surface area contributed by atoms with Crippen molar-refractivity contribution in [3.8, 4) is 17.6 Å². The highest BCUT2D eigenvalue weighted by molar-refractivity contribution is 6.02. The topological polar surface area (TPSA) is 71.4 Å². The van der Waals surface area contributed by atoms with Gasteiger partial charge in [0.05, 0.1) is 14.2 Å². The van der Waals surface area contributed by atoms with E-state index in [9.17, 15) is 4.79 Å². The summed E-state index contributed by atoms with van der Waals surface area (Å²) in [5.41, 5.74) is 0.579. The SMILES string of the molecule is C=CCNC(=O)/C(C#N)=C/c1cccc(OC)c1OC. The molecule has 5 heteroatoms. The Hall–Kier alpha value is -2.74. The first kappa shape index (κ1) is 15.3. The summed E-state index contributed by atoms with van der Waals surface area (Å²) in [5.74, 6) is 0.543. The molecule has 0 unspecified atom stereocenters. The van der Waals surface area contributed by atoms with Gasteiger partial charge in [-0.25, -0.2) is 0 Å². The molecule has 1 aromatic rings. The van der Waals surface area contributed by atoms with Crippen LogP contribution in [0, 0.1) is 11.3 Å². The first-order chi connectivity index (χ1) is 9.67. The third-order valence-corrected chi connectivity index (χ3v) is 2.51. The number of nitriles is 1. The summed E-state index contributed by atoms with van der Waals surface area (Å²) < 4.78 is 10.4. The molecule has 20 heavy (non-hydrogen) atoms. The lowest BCUT2D eigenvalue weighted by Crippen LogP contribution is -2.24. The Morgan fingerprint density at radius 3 is 2.75 bits per heavy atom. The summed E-state index contributed by atoms with van der Waals surface area (Å²) in [5, 5.41) is 11.6. The van der Waals surface area contributed by atoms with Crippen LogP contribution in [0.4, 0.5) is 0 Å². The van der Waals surface area contributed by atoms with Crippen molar-refractivity contribution in [3.05, 3.63) is 42.0 Å². The Kier molecular flexibility index (Phi) is 5.85. The molecule has 0 fully saturated rings. The number of amides is 1. The maximum absolute atomic E-state index is 11.8. The van der Waals surface area contributed by atoms with Crippen LogP contribution in [0.1, 0.15) is 5.56 Å². The van der Waals surface area contributed by atoms with Gasteiger partial charge in [0.15, 0.2) is 11.5 Å². The van der Waals surface area contributed by atoms with E-state index in [2.05, 4.69) is 11.9 Å². The van der Waals surface area contributed by atoms with Crippen LogP contribution in [0.25, 0.3) is 6.08 Å². The zero-order valence-corrected chi connectivity index (χ0v) is 11.5. The largest absolute Gasteiger partial charge is 0.493 e. The fraction of sp³-hybridized carbons (Fsp3) is 0.200. The van der Waals surface area contributed by atoms with E-state index in [-0.39, 0.29) is 5.57 Å². The fourth-order valence-corrected chi connectivity index (χ4v) is 1.59. The summed E-state index contributed by atoms with van der Waals surface area (Å²) in [6.45, 7) is 3.80. The third-order valence-electron chi connectivity index (χ3n) is 2.51. The molecule has 1 amide bonds. The van der Waals surface area contributed by atoms with E-state index >= 15 is 0 Å². The van der Waals surface area contributed by atoms with Gasteiger partial charge in [0.2, 0.25) is 0 Å². The molecular weight excluding hydrogens is 256 g/mol. The Morgan fingerprint density at radius 2 is 2.20 bits per heavy atom. The average molecular weight is 272 g/mol. The number of nitrogens with zero attached hydrogens (tertiary/aromatic N) is 1. The summed E-state index contributed by atoms with van der Waals surface area (Å²) >= 11 is 0. The Labute approximate surface area is 118 Å². The van der Waals surface area contributed by atoms with Gasteiger partial charge in [0.25, 0.3) is 5.91 Å². The minimum absolute atomic E-state index is 0.0154. The molecule has 1 N–H and O–H groups in total. The van der Waals surface area contributed by atoms with E-state index < -0.39 is 5.91 Å². The molecule has 0 aromatic heterocycles. The average Bonchev–Trinajstić information content (AvgIpc) is 2.49. The molecule has 0 bridgehead atoms. The predicted molar refractivity (Wildman–Crippen MR) is 76.3 cm³/mol. The summed E-state index contributed by atoms with van der Waals surface area (Å²) in [6, 6.07) is 7.09. The third kappa shape index (κ3) is 3.62. The van der Waals surface area contributed by atoms with Gasteiger partial charge in [-0.1, -0.05) is 18.2 Å². The van der Waals surface area contributed by atoms with Crippen LogP contribution >= 0.6 is 0 Å². The molecule has 0 saturated heterocycles. The molecule has 0 spiro atoms. The Morgan fingerprint density at radius 1 is 1.45 bits per heavy atom. The molecule has 1 rings (SSSR count). The monoisotopic (exact) mass is 272 g/mol. The number of methoxy groups -OCH3 is 2. The number of para-hydroxylation sites is 1. The van der Waals surface area contributed by atoms with E-state index in [0.29, 0.717) is 23.6 Å². The van der Waals surface area contributed by atoms with Crippen molar-refractivity contribution < 1.29 is 14.3 Å². The van der Waals surface area contributed by atoms with Crippen molar-refractivity contribution in [2.24, 2.45) is 0 Å². The number of carbonyl (C=O) groups excluding carboxylic acids is 1. The van der Waals surface area contributed by atoms with Crippen LogP contribution in [-0.2, 0) is 4.79 Å². The zero-order valence-electron chi connectivity index (χ0n) is 11.5. The second kappa shape index (κ2) is 7.64. The van der Waals surface area contributed by atoms with Gasteiger partial charge in [-0.15, -0.1) is 6.58 Å². The zero-order chi connectivity index (χ0) is 15.0. The number of rotatable bonds is 6. The van der Waals surface area contributed by atoms with Gasteiger partial charge in [-0.2, -0.15) is 5.26 Å². The highest BCUT2D eigenvalue weighted by Gasteiger charge is 2.12. The van der Waals surface area contributed by atoms with Gasteiger partial charge >= 0.3 is 0 Å². The number of carbonyl (C=O) groups is 1. The molecule has 0 heterocycles. The number of ether oxygens (including phenoxy) is 2. The maximum atomic E-state index is 11.8.